The van der Waals surface area contributed by atoms with Gasteiger partial charge in [0.2, 0.25) is 0 Å². The van der Waals surface area contributed by atoms with E-state index >= 15 is 0 Å². The highest BCUT2D eigenvalue weighted by atomic mass is 19.4. The smallest absolute Gasteiger partial charge is 0.396 e. The maximum absolute atomic E-state index is 14.1. The van der Waals surface area contributed by atoms with E-state index in [4.69, 9.17) is 5.11 Å². The molecule has 15 heteroatoms. The Labute approximate surface area is 164 Å². The molecule has 0 aromatic heterocycles. The van der Waals surface area contributed by atoms with E-state index in [1.54, 1.807) is 0 Å². The summed E-state index contributed by atoms with van der Waals surface area (Å²) in [4.78, 5) is 0. The number of rotatable bonds is 8. The zero-order valence-corrected chi connectivity index (χ0v) is 14.8. The van der Waals surface area contributed by atoms with Crippen LogP contribution in [0.2, 0.25) is 0 Å². The van der Waals surface area contributed by atoms with Gasteiger partial charge in [-0.25, -0.2) is 0 Å². The van der Waals surface area contributed by atoms with Crippen LogP contribution in [0.5, 0.6) is 0 Å². The minimum atomic E-state index is -6.92. The Morgan fingerprint density at radius 1 is 0.581 bits per heavy atom. The fraction of sp³-hybridized carbons (Fsp3) is 0.625. The second kappa shape index (κ2) is 8.28. The Morgan fingerprint density at radius 3 is 1.23 bits per heavy atom. The lowest BCUT2D eigenvalue weighted by molar-refractivity contribution is -0.361. The van der Waals surface area contributed by atoms with Crippen LogP contribution in [0.25, 0.3) is 0 Å². The lowest BCUT2D eigenvalue weighted by Crippen LogP contribution is -2.52. The third-order valence-electron chi connectivity index (χ3n) is 4.19. The van der Waals surface area contributed by atoms with Crippen LogP contribution in [-0.4, -0.2) is 35.9 Å². The van der Waals surface area contributed by atoms with Crippen LogP contribution < -0.4 is 0 Å². The van der Waals surface area contributed by atoms with Gasteiger partial charge in [-0.05, 0) is 24.8 Å². The molecule has 1 N–H and O–H groups in total. The molecule has 1 aromatic carbocycles. The third kappa shape index (κ3) is 4.55. The topological polar surface area (TPSA) is 20.2 Å². The first-order valence-corrected chi connectivity index (χ1v) is 8.06. The summed E-state index contributed by atoms with van der Waals surface area (Å²) < 4.78 is 185. The van der Waals surface area contributed by atoms with E-state index in [1.165, 1.54) is 0 Å². The molecule has 180 valence electrons. The Balaban J connectivity index is 3.86. The largest absolute Gasteiger partial charge is 0.460 e. The first-order chi connectivity index (χ1) is 13.7. The molecule has 0 aliphatic carbocycles. The van der Waals surface area contributed by atoms with E-state index in [0.717, 1.165) is 0 Å². The van der Waals surface area contributed by atoms with E-state index < -0.39 is 78.6 Å². The molecule has 31 heavy (non-hydrogen) atoms. The van der Waals surface area contributed by atoms with Gasteiger partial charge in [-0.1, -0.05) is 18.2 Å². The van der Waals surface area contributed by atoms with Crippen molar-refractivity contribution in [1.29, 1.82) is 0 Å². The zero-order valence-electron chi connectivity index (χ0n) is 14.8. The molecule has 0 spiro atoms. The zero-order chi connectivity index (χ0) is 24.7. The first-order valence-electron chi connectivity index (χ1n) is 8.06. The number of aliphatic hydroxyl groups excluding tert-OH is 1. The van der Waals surface area contributed by atoms with Crippen LogP contribution in [0.1, 0.15) is 29.5 Å². The predicted molar refractivity (Wildman–Crippen MR) is 76.3 cm³/mol. The Hall–Kier alpha value is -1.80. The van der Waals surface area contributed by atoms with Crippen LogP contribution in [0.4, 0.5) is 61.5 Å². The van der Waals surface area contributed by atoms with Crippen molar-refractivity contribution in [1.82, 2.24) is 0 Å². The second-order valence-electron chi connectivity index (χ2n) is 6.31. The maximum atomic E-state index is 14.1. The maximum Gasteiger partial charge on any atom is 0.460 e. The quantitative estimate of drug-likeness (QED) is 0.325. The van der Waals surface area contributed by atoms with Crippen molar-refractivity contribution in [3.05, 3.63) is 34.9 Å². The first kappa shape index (κ1) is 27.2. The van der Waals surface area contributed by atoms with Gasteiger partial charge in [0, 0.05) is 17.7 Å². The van der Waals surface area contributed by atoms with Gasteiger partial charge >= 0.3 is 36.0 Å². The third-order valence-corrected chi connectivity index (χ3v) is 4.19. The van der Waals surface area contributed by atoms with Crippen molar-refractivity contribution in [3.8, 4) is 0 Å². The molecule has 1 nitrogen and oxygen atoms in total. The van der Waals surface area contributed by atoms with Crippen molar-refractivity contribution in [3.63, 3.8) is 0 Å². The Morgan fingerprint density at radius 2 is 0.935 bits per heavy atom. The molecule has 0 radical (unpaired) electrons. The van der Waals surface area contributed by atoms with Gasteiger partial charge in [0.25, 0.3) is 0 Å². The SMILES string of the molecule is OCCCCc1c(C(F)(F)C(F)(F)C(F)(F)F)cccc1C(F)(F)C(F)(F)C(F)(F)F. The number of benzene rings is 1. The molecule has 0 saturated carbocycles. The van der Waals surface area contributed by atoms with E-state index in [1.807, 2.05) is 0 Å². The van der Waals surface area contributed by atoms with Crippen molar-refractivity contribution in [2.24, 2.45) is 0 Å². The summed E-state index contributed by atoms with van der Waals surface area (Å²) in [6.45, 7) is -0.762. The molecule has 0 fully saturated rings. The number of aliphatic hydroxyl groups is 1. The summed E-state index contributed by atoms with van der Waals surface area (Å²) in [5.74, 6) is -26.4. The molecule has 0 saturated heterocycles. The standard InChI is InChI=1S/C16H12F14O/c17-11(18,13(21,22)15(25,26)27)9-5-3-6-10(8(9)4-1-2-7-31)12(19,20)14(23,24)16(28,29)30/h3,5-6,31H,1-2,4,7H2. The normalized spacial score (nSPS) is 14.8. The monoisotopic (exact) mass is 486 g/mol. The van der Waals surface area contributed by atoms with Gasteiger partial charge in [-0.15, -0.1) is 0 Å². The predicted octanol–water partition coefficient (Wildman–Crippen LogP) is 6.58. The van der Waals surface area contributed by atoms with E-state index in [2.05, 4.69) is 0 Å². The summed E-state index contributed by atoms with van der Waals surface area (Å²) in [6, 6.07) is -0.487. The van der Waals surface area contributed by atoms with E-state index in [9.17, 15) is 61.5 Å². The molecule has 0 aliphatic rings. The number of hydrogen-bond acceptors (Lipinski definition) is 1. The van der Waals surface area contributed by atoms with Crippen LogP contribution >= 0.6 is 0 Å². The Bertz CT molecular complexity index is 706. The van der Waals surface area contributed by atoms with Crippen molar-refractivity contribution >= 4 is 0 Å². The molecular weight excluding hydrogens is 474 g/mol. The van der Waals surface area contributed by atoms with Gasteiger partial charge < -0.3 is 5.11 Å². The van der Waals surface area contributed by atoms with Crippen molar-refractivity contribution in [2.45, 2.75) is 55.3 Å². The molecule has 0 aliphatic heterocycles. The van der Waals surface area contributed by atoms with Crippen molar-refractivity contribution in [2.75, 3.05) is 6.61 Å². The average molecular weight is 486 g/mol. The summed E-state index contributed by atoms with van der Waals surface area (Å²) in [5.41, 5.74) is -6.94. The molecule has 0 bridgehead atoms. The molecule has 0 amide bonds. The number of unbranched alkanes of at least 4 members (excludes halogenated alkanes) is 1. The summed E-state index contributed by atoms with van der Waals surface area (Å²) in [5, 5.41) is 8.64. The number of hydrogen-bond donors (Lipinski definition) is 1. The van der Waals surface area contributed by atoms with Crippen LogP contribution in [0.15, 0.2) is 18.2 Å². The molecule has 0 heterocycles. The summed E-state index contributed by atoms with van der Waals surface area (Å²) in [7, 11) is 0. The van der Waals surface area contributed by atoms with Gasteiger partial charge in [-0.2, -0.15) is 61.5 Å². The minimum absolute atomic E-state index is 0.0685. The number of halogens is 14. The van der Waals surface area contributed by atoms with E-state index in [-0.39, 0.29) is 18.2 Å². The van der Waals surface area contributed by atoms with Crippen molar-refractivity contribution < 1.29 is 66.6 Å². The van der Waals surface area contributed by atoms with Gasteiger partial charge in [-0.3, -0.25) is 0 Å². The highest BCUT2D eigenvalue weighted by molar-refractivity contribution is 5.43. The second-order valence-corrected chi connectivity index (χ2v) is 6.31. The van der Waals surface area contributed by atoms with Crippen LogP contribution in [0.3, 0.4) is 0 Å². The minimum Gasteiger partial charge on any atom is -0.396 e. The van der Waals surface area contributed by atoms with Gasteiger partial charge in [0.15, 0.2) is 0 Å². The van der Waals surface area contributed by atoms with Gasteiger partial charge in [0.1, 0.15) is 0 Å². The fourth-order valence-corrected chi connectivity index (χ4v) is 2.55. The lowest BCUT2D eigenvalue weighted by Gasteiger charge is -2.33. The lowest BCUT2D eigenvalue weighted by atomic mass is 9.86. The fourth-order valence-electron chi connectivity index (χ4n) is 2.55. The van der Waals surface area contributed by atoms with E-state index in [0.29, 0.717) is 0 Å². The molecule has 0 unspecified atom stereocenters. The summed E-state index contributed by atoms with van der Waals surface area (Å²) in [6.07, 6.45) is -16.3. The van der Waals surface area contributed by atoms with Gasteiger partial charge in [0.05, 0.1) is 0 Å². The van der Waals surface area contributed by atoms with Crippen LogP contribution in [0, 0.1) is 0 Å². The van der Waals surface area contributed by atoms with Crippen LogP contribution in [-0.2, 0) is 18.3 Å². The molecule has 0 atom stereocenters. The molecule has 1 aromatic rings. The molecular formula is C16H12F14O. The average Bonchev–Trinajstić information content (AvgIpc) is 2.59. The highest BCUT2D eigenvalue weighted by Crippen LogP contribution is 2.56. The number of alkyl halides is 14. The summed E-state index contributed by atoms with van der Waals surface area (Å²) >= 11 is 0. The Kier molecular flexibility index (Phi) is 7.27. The molecule has 1 rings (SSSR count). The highest BCUT2D eigenvalue weighted by Gasteiger charge is 2.76.